The van der Waals surface area contributed by atoms with Gasteiger partial charge < -0.3 is 19.9 Å². The van der Waals surface area contributed by atoms with E-state index in [0.717, 1.165) is 6.07 Å². The molecule has 0 spiro atoms. The number of aryl methyl sites for hydroxylation is 2. The number of amides is 2. The molecule has 4 aromatic rings. The van der Waals surface area contributed by atoms with Gasteiger partial charge in [-0.1, -0.05) is 13.0 Å². The van der Waals surface area contributed by atoms with E-state index in [2.05, 4.69) is 25.3 Å². The summed E-state index contributed by atoms with van der Waals surface area (Å²) < 4.78 is 41.4. The van der Waals surface area contributed by atoms with Gasteiger partial charge in [0.2, 0.25) is 11.8 Å². The van der Waals surface area contributed by atoms with Crippen molar-refractivity contribution in [3.05, 3.63) is 65.1 Å². The van der Waals surface area contributed by atoms with E-state index >= 15 is 0 Å². The van der Waals surface area contributed by atoms with Crippen LogP contribution in [-0.2, 0) is 28.9 Å². The average molecular weight is 622 g/mol. The second-order valence-electron chi connectivity index (χ2n) is 12.0. The van der Waals surface area contributed by atoms with Crippen LogP contribution in [0.2, 0.25) is 0 Å². The van der Waals surface area contributed by atoms with Crippen molar-refractivity contribution in [1.29, 1.82) is 0 Å². The number of rotatable bonds is 7. The Hall–Kier alpha value is -4.72. The molecule has 234 valence electrons. The molecule has 11 nitrogen and oxygen atoms in total. The zero-order valence-corrected chi connectivity index (χ0v) is 24.9. The van der Waals surface area contributed by atoms with Gasteiger partial charge in [-0.3, -0.25) is 14.4 Å². The van der Waals surface area contributed by atoms with E-state index in [1.165, 1.54) is 31.0 Å². The van der Waals surface area contributed by atoms with Gasteiger partial charge in [-0.15, -0.1) is 0 Å². The van der Waals surface area contributed by atoms with Gasteiger partial charge in [-0.2, -0.15) is 13.2 Å². The average Bonchev–Trinajstić information content (AvgIpc) is 3.34. The van der Waals surface area contributed by atoms with Gasteiger partial charge in [0.25, 0.3) is 0 Å². The van der Waals surface area contributed by atoms with E-state index in [9.17, 15) is 32.7 Å². The molecule has 2 N–H and O–H groups in total. The van der Waals surface area contributed by atoms with Crippen LogP contribution >= 0.6 is 0 Å². The number of Topliss-reactive ketones (excluding diaryl/α,β-unsaturated/α-hetero) is 1. The molecule has 3 atom stereocenters. The molecule has 1 aliphatic carbocycles. The Bertz CT molecular complexity index is 1870. The molecule has 14 heteroatoms. The van der Waals surface area contributed by atoms with Gasteiger partial charge in [-0.25, -0.2) is 19.9 Å². The largest absolute Gasteiger partial charge is 0.433 e. The van der Waals surface area contributed by atoms with E-state index in [0.29, 0.717) is 52.0 Å². The number of hydrogen-bond acceptors (Lipinski definition) is 8. The number of carbonyl (C=O) groups excluding carboxylic acids is 3. The van der Waals surface area contributed by atoms with Crippen molar-refractivity contribution in [2.24, 2.45) is 5.41 Å². The van der Waals surface area contributed by atoms with E-state index in [1.54, 1.807) is 30.0 Å². The normalized spacial score (nSPS) is 20.8. The van der Waals surface area contributed by atoms with Crippen molar-refractivity contribution in [3.8, 4) is 11.3 Å². The SMILES string of the molecule is CC(=O)c1cn(CC(=O)N2C3C[C@]3(C)C[C@H]2C(=O)Nc2nc(C(F)(F)F)ccc2C)c2c(CO)nc(-c3cnc(C)nc3)cc12. The Morgan fingerprint density at radius 1 is 1.11 bits per heavy atom. The number of carbonyl (C=O) groups is 3. The first-order chi connectivity index (χ1) is 21.2. The first-order valence-electron chi connectivity index (χ1n) is 14.3. The molecule has 0 bridgehead atoms. The van der Waals surface area contributed by atoms with Gasteiger partial charge in [0, 0.05) is 41.1 Å². The van der Waals surface area contributed by atoms with Crippen LogP contribution in [0.1, 0.15) is 59.8 Å². The predicted octanol–water partition coefficient (Wildman–Crippen LogP) is 4.24. The van der Waals surface area contributed by atoms with E-state index in [1.807, 2.05) is 6.92 Å². The Balaban J connectivity index is 1.32. The minimum atomic E-state index is -4.69. The molecule has 45 heavy (non-hydrogen) atoms. The number of pyridine rings is 2. The third kappa shape index (κ3) is 5.43. The van der Waals surface area contributed by atoms with Gasteiger partial charge in [0.05, 0.1) is 23.5 Å². The molecule has 5 heterocycles. The molecule has 6 rings (SSSR count). The number of fused-ring (bicyclic) bond motifs is 2. The standard InChI is InChI=1S/C31H30F3N7O4/c1-15-5-6-24(31(32,33)34)38-28(15)39-29(45)23-8-30(4)9-25(30)41(23)26(44)13-40-12-20(16(2)43)19-7-21(37-22(14-42)27(19)40)18-10-35-17(3)36-11-18/h5-7,10-12,23,25,42H,8-9,13-14H2,1-4H3,(H,38,39,45)/t23-,25?,30-/m0/s1. The quantitative estimate of drug-likeness (QED) is 0.292. The number of nitrogens with one attached hydrogen (secondary N) is 1. The first kappa shape index (κ1) is 30.3. The Kier molecular flexibility index (Phi) is 7.22. The maximum atomic E-state index is 13.9. The number of anilines is 1. The molecular weight excluding hydrogens is 591 g/mol. The van der Waals surface area contributed by atoms with Crippen molar-refractivity contribution >= 4 is 34.3 Å². The molecule has 0 aromatic carbocycles. The fourth-order valence-corrected chi connectivity index (χ4v) is 6.20. The summed E-state index contributed by atoms with van der Waals surface area (Å²) >= 11 is 0. The van der Waals surface area contributed by atoms with Gasteiger partial charge in [0.1, 0.15) is 29.9 Å². The summed E-state index contributed by atoms with van der Waals surface area (Å²) in [5, 5.41) is 13.3. The van der Waals surface area contributed by atoms with E-state index in [4.69, 9.17) is 0 Å². The van der Waals surface area contributed by atoms with Crippen LogP contribution in [0.3, 0.4) is 0 Å². The second kappa shape index (κ2) is 10.7. The molecule has 4 aromatic heterocycles. The molecular formula is C31H30F3N7O4. The van der Waals surface area contributed by atoms with Crippen molar-refractivity contribution in [3.63, 3.8) is 0 Å². The highest BCUT2D eigenvalue weighted by atomic mass is 19.4. The zero-order chi connectivity index (χ0) is 32.4. The highest BCUT2D eigenvalue weighted by Gasteiger charge is 2.64. The molecule has 1 saturated carbocycles. The topological polar surface area (TPSA) is 143 Å². The summed E-state index contributed by atoms with van der Waals surface area (Å²) in [6.45, 7) is 5.89. The molecule has 0 radical (unpaired) electrons. The zero-order valence-electron chi connectivity index (χ0n) is 24.9. The van der Waals surface area contributed by atoms with Gasteiger partial charge in [-0.05, 0) is 56.7 Å². The summed E-state index contributed by atoms with van der Waals surface area (Å²) in [6, 6.07) is 2.60. The van der Waals surface area contributed by atoms with Gasteiger partial charge in [0.15, 0.2) is 5.78 Å². The third-order valence-electron chi connectivity index (χ3n) is 8.69. The van der Waals surface area contributed by atoms with Crippen molar-refractivity contribution < 1.29 is 32.7 Å². The number of nitrogens with zero attached hydrogens (tertiary/aromatic N) is 6. The number of alkyl halides is 3. The van der Waals surface area contributed by atoms with Crippen LogP contribution in [0.15, 0.2) is 36.8 Å². The number of piperidine rings is 1. The lowest BCUT2D eigenvalue weighted by Crippen LogP contribution is -2.46. The van der Waals surface area contributed by atoms with Crippen LogP contribution in [0, 0.1) is 19.3 Å². The molecule has 2 aliphatic rings. The maximum absolute atomic E-state index is 13.9. The summed E-state index contributed by atoms with van der Waals surface area (Å²) in [5.74, 6) is -0.954. The van der Waals surface area contributed by atoms with E-state index < -0.39 is 36.3 Å². The monoisotopic (exact) mass is 621 g/mol. The van der Waals surface area contributed by atoms with Crippen LogP contribution in [0.25, 0.3) is 22.2 Å². The molecule has 1 aliphatic heterocycles. The minimum Gasteiger partial charge on any atom is -0.390 e. The summed E-state index contributed by atoms with van der Waals surface area (Å²) in [6.07, 6.45) is 1.05. The smallest absolute Gasteiger partial charge is 0.390 e. The Labute approximate surface area is 255 Å². The Morgan fingerprint density at radius 2 is 1.82 bits per heavy atom. The van der Waals surface area contributed by atoms with Crippen molar-refractivity contribution in [2.45, 2.75) is 71.9 Å². The fourth-order valence-electron chi connectivity index (χ4n) is 6.20. The highest BCUT2D eigenvalue weighted by Crippen LogP contribution is 2.59. The predicted molar refractivity (Wildman–Crippen MR) is 156 cm³/mol. The lowest BCUT2D eigenvalue weighted by atomic mass is 10.0. The molecule has 1 unspecified atom stereocenters. The number of hydrogen-bond donors (Lipinski definition) is 2. The van der Waals surface area contributed by atoms with E-state index in [-0.39, 0.29) is 35.3 Å². The number of halogens is 3. The first-order valence-corrected chi connectivity index (χ1v) is 14.3. The number of ketones is 1. The number of aliphatic hydroxyl groups excluding tert-OH is 1. The Morgan fingerprint density at radius 3 is 2.47 bits per heavy atom. The van der Waals surface area contributed by atoms with Crippen molar-refractivity contribution in [2.75, 3.05) is 5.32 Å². The lowest BCUT2D eigenvalue weighted by molar-refractivity contribution is -0.141. The van der Waals surface area contributed by atoms with Crippen LogP contribution in [0.4, 0.5) is 19.0 Å². The fraction of sp³-hybridized carbons (Fsp3) is 0.387. The molecule has 2 fully saturated rings. The van der Waals surface area contributed by atoms with Gasteiger partial charge >= 0.3 is 6.18 Å². The highest BCUT2D eigenvalue weighted by molar-refractivity contribution is 6.08. The van der Waals surface area contributed by atoms with Crippen LogP contribution in [-0.4, -0.2) is 64.2 Å². The van der Waals surface area contributed by atoms with Crippen molar-refractivity contribution in [1.82, 2.24) is 29.4 Å². The summed E-state index contributed by atoms with van der Waals surface area (Å²) in [5.41, 5.74) is 0.894. The number of aromatic nitrogens is 5. The lowest BCUT2D eigenvalue weighted by Gasteiger charge is -2.27. The van der Waals surface area contributed by atoms with Crippen LogP contribution in [0.5, 0.6) is 0 Å². The molecule has 1 saturated heterocycles. The minimum absolute atomic E-state index is 0.219. The third-order valence-corrected chi connectivity index (χ3v) is 8.69. The second-order valence-corrected chi connectivity index (χ2v) is 12.0. The summed E-state index contributed by atoms with van der Waals surface area (Å²) in [7, 11) is 0. The number of likely N-dealkylation sites (tertiary alicyclic amines) is 1. The number of aliphatic hydroxyl groups is 1. The molecule has 2 amide bonds. The van der Waals surface area contributed by atoms with Crippen LogP contribution < -0.4 is 5.32 Å². The summed E-state index contributed by atoms with van der Waals surface area (Å²) in [4.78, 5) is 58.2. The maximum Gasteiger partial charge on any atom is 0.433 e.